The van der Waals surface area contributed by atoms with E-state index in [1.54, 1.807) is 21.5 Å². The summed E-state index contributed by atoms with van der Waals surface area (Å²) in [6, 6.07) is 0. The first kappa shape index (κ1) is 52.4. The molecule has 1 aliphatic heterocycles. The molecule has 0 spiro atoms. The first-order chi connectivity index (χ1) is 26.0. The maximum Gasteiger partial charge on any atom is 0.298 e. The van der Waals surface area contributed by atoms with Crippen molar-refractivity contribution in [3.05, 3.63) is 38.2 Å². The SMILES string of the molecule is C.CCCCCCCCCCCCCCCCN1C(=O)c2cscc2C1=O.CCCCCCCCCCCCCCCCNC(=O)c1cscc1OC=O.F. The van der Waals surface area contributed by atoms with Gasteiger partial charge in [-0.15, -0.1) is 11.3 Å². The number of nitrogens with one attached hydrogen (secondary N) is 1. The third kappa shape index (κ3) is 23.3. The second kappa shape index (κ2) is 35.8. The number of hydrogen-bond donors (Lipinski definition) is 1. The Hall–Kier alpha value is -2.59. The van der Waals surface area contributed by atoms with Gasteiger partial charge in [-0.25, -0.2) is 0 Å². The number of ether oxygens (including phenoxy) is 1. The molecule has 0 atom stereocenters. The van der Waals surface area contributed by atoms with Crippen LogP contribution in [-0.2, 0) is 4.79 Å². The van der Waals surface area contributed by atoms with Crippen molar-refractivity contribution in [3.8, 4) is 5.75 Å². The molecule has 7 nitrogen and oxygen atoms in total. The summed E-state index contributed by atoms with van der Waals surface area (Å²) in [6.45, 7) is 6.14. The molecule has 0 radical (unpaired) electrons. The molecule has 0 saturated heterocycles. The predicted octanol–water partition coefficient (Wildman–Crippen LogP) is 14.1. The standard InChI is InChI=1S/C22H37NO3S.C22H35NO2S.CH4.FH/c1-2-3-4-5-6-7-8-9-10-11-12-13-14-15-16-23-22(25)20-17-27-18-21(20)26-19-24;1-2-3-4-5-6-7-8-9-10-11-12-13-14-15-16-23-21(24)19-17-26-18-20(19)22(23)25;;/h17-19H,2-16H2,1H3,(H,23,25);17-18H,2-16H2,1H3;1H4;1H. The minimum atomic E-state index is -0.164. The Balaban J connectivity index is 0.00000102. The summed E-state index contributed by atoms with van der Waals surface area (Å²) in [5, 5.41) is 9.85. The van der Waals surface area contributed by atoms with E-state index in [0.29, 0.717) is 42.0 Å². The van der Waals surface area contributed by atoms with Crippen molar-refractivity contribution in [3.63, 3.8) is 0 Å². The molecule has 0 aromatic carbocycles. The second-order valence-electron chi connectivity index (χ2n) is 14.8. The van der Waals surface area contributed by atoms with Crippen LogP contribution in [0.4, 0.5) is 4.70 Å². The Labute approximate surface area is 342 Å². The van der Waals surface area contributed by atoms with Crippen molar-refractivity contribution < 1.29 is 28.6 Å². The van der Waals surface area contributed by atoms with E-state index in [4.69, 9.17) is 4.74 Å². The molecule has 2 aromatic rings. The van der Waals surface area contributed by atoms with E-state index in [1.807, 2.05) is 0 Å². The topological polar surface area (TPSA) is 92.8 Å². The monoisotopic (exact) mass is 809 g/mol. The molecule has 10 heteroatoms. The lowest BCUT2D eigenvalue weighted by Gasteiger charge is -2.13. The number of imide groups is 1. The summed E-state index contributed by atoms with van der Waals surface area (Å²) in [4.78, 5) is 48.2. The molecule has 3 heterocycles. The molecule has 0 unspecified atom stereocenters. The van der Waals surface area contributed by atoms with Crippen LogP contribution in [0.3, 0.4) is 0 Å². The molecular formula is C45H77FN2O5S2. The van der Waals surface area contributed by atoms with Gasteiger partial charge in [0.1, 0.15) is 0 Å². The van der Waals surface area contributed by atoms with Crippen LogP contribution < -0.4 is 10.1 Å². The molecule has 1 aliphatic rings. The highest BCUT2D eigenvalue weighted by molar-refractivity contribution is 7.08. The molecule has 3 rings (SSSR count). The zero-order chi connectivity index (χ0) is 38.2. The van der Waals surface area contributed by atoms with Crippen LogP contribution in [0.1, 0.15) is 232 Å². The summed E-state index contributed by atoms with van der Waals surface area (Å²) >= 11 is 2.79. The minimum Gasteiger partial charge on any atom is -0.427 e. The van der Waals surface area contributed by atoms with Crippen LogP contribution in [0.2, 0.25) is 0 Å². The van der Waals surface area contributed by atoms with Gasteiger partial charge in [-0.1, -0.05) is 188 Å². The smallest absolute Gasteiger partial charge is 0.298 e. The number of amides is 3. The molecule has 0 fully saturated rings. The average molecular weight is 809 g/mol. The lowest BCUT2D eigenvalue weighted by molar-refractivity contribution is -0.120. The lowest BCUT2D eigenvalue weighted by atomic mass is 10.0. The molecule has 0 aliphatic carbocycles. The van der Waals surface area contributed by atoms with E-state index in [0.717, 1.165) is 25.7 Å². The van der Waals surface area contributed by atoms with Gasteiger partial charge in [0, 0.05) is 34.6 Å². The van der Waals surface area contributed by atoms with Gasteiger partial charge in [0.05, 0.1) is 16.7 Å². The summed E-state index contributed by atoms with van der Waals surface area (Å²) in [6.07, 6.45) is 37.0. The number of thiophene rings is 2. The van der Waals surface area contributed by atoms with Gasteiger partial charge in [-0.05, 0) is 12.8 Å². The van der Waals surface area contributed by atoms with Crippen molar-refractivity contribution in [1.82, 2.24) is 10.2 Å². The highest BCUT2D eigenvalue weighted by Crippen LogP contribution is 2.27. The highest BCUT2D eigenvalue weighted by atomic mass is 32.1. The fourth-order valence-corrected chi connectivity index (χ4v) is 8.42. The fourth-order valence-electron chi connectivity index (χ4n) is 6.89. The van der Waals surface area contributed by atoms with E-state index >= 15 is 0 Å². The summed E-state index contributed by atoms with van der Waals surface area (Å²) in [5.41, 5.74) is 1.65. The van der Waals surface area contributed by atoms with E-state index in [9.17, 15) is 19.2 Å². The van der Waals surface area contributed by atoms with Crippen molar-refractivity contribution >= 4 is 46.9 Å². The van der Waals surface area contributed by atoms with E-state index in [1.165, 1.54) is 182 Å². The lowest BCUT2D eigenvalue weighted by Crippen LogP contribution is -2.30. The van der Waals surface area contributed by atoms with Gasteiger partial charge >= 0.3 is 0 Å². The van der Waals surface area contributed by atoms with Crippen LogP contribution in [0, 0.1) is 0 Å². The number of carbonyl (C=O) groups is 4. The number of fused-ring (bicyclic) bond motifs is 1. The number of nitrogens with zero attached hydrogens (tertiary/aromatic N) is 1. The molecule has 0 bridgehead atoms. The second-order valence-corrected chi connectivity index (χ2v) is 16.3. The summed E-state index contributed by atoms with van der Waals surface area (Å²) in [7, 11) is 0. The summed E-state index contributed by atoms with van der Waals surface area (Å²) in [5.74, 6) is -0.0156. The minimum absolute atomic E-state index is 0. The fraction of sp³-hybridized carbons (Fsp3) is 0.733. The first-order valence-electron chi connectivity index (χ1n) is 21.4. The van der Waals surface area contributed by atoms with E-state index in [2.05, 4.69) is 19.2 Å². The average Bonchev–Trinajstić information content (AvgIpc) is 3.90. The van der Waals surface area contributed by atoms with Gasteiger partial charge < -0.3 is 10.1 Å². The largest absolute Gasteiger partial charge is 0.427 e. The first-order valence-corrected chi connectivity index (χ1v) is 23.3. The number of carbonyl (C=O) groups excluding carboxylic acids is 4. The zero-order valence-electron chi connectivity index (χ0n) is 33.8. The molecule has 3 amide bonds. The number of rotatable bonds is 33. The normalized spacial score (nSPS) is 11.7. The Morgan fingerprint density at radius 2 is 0.945 bits per heavy atom. The van der Waals surface area contributed by atoms with Crippen molar-refractivity contribution in [2.75, 3.05) is 13.1 Å². The van der Waals surface area contributed by atoms with Crippen LogP contribution >= 0.6 is 22.7 Å². The van der Waals surface area contributed by atoms with Crippen molar-refractivity contribution in [1.29, 1.82) is 0 Å². The Bertz CT molecular complexity index is 1220. The van der Waals surface area contributed by atoms with Crippen molar-refractivity contribution in [2.45, 2.75) is 201 Å². The molecular weight excluding hydrogens is 732 g/mol. The van der Waals surface area contributed by atoms with Gasteiger partial charge in [0.15, 0.2) is 5.75 Å². The molecule has 316 valence electrons. The maximum absolute atomic E-state index is 12.1. The van der Waals surface area contributed by atoms with E-state index < -0.39 is 0 Å². The van der Waals surface area contributed by atoms with Gasteiger partial charge in [0.2, 0.25) is 0 Å². The molecule has 2 aromatic heterocycles. The predicted molar refractivity (Wildman–Crippen MR) is 233 cm³/mol. The van der Waals surface area contributed by atoms with Gasteiger partial charge in [-0.3, -0.25) is 28.8 Å². The Morgan fingerprint density at radius 3 is 1.35 bits per heavy atom. The summed E-state index contributed by atoms with van der Waals surface area (Å²) < 4.78 is 4.80. The third-order valence-corrected chi connectivity index (χ3v) is 11.7. The number of hydrogen-bond acceptors (Lipinski definition) is 7. The maximum atomic E-state index is 12.1. The third-order valence-electron chi connectivity index (χ3n) is 10.2. The van der Waals surface area contributed by atoms with E-state index in [-0.39, 0.29) is 29.9 Å². The number of halogens is 1. The van der Waals surface area contributed by atoms with Gasteiger partial charge in [0.25, 0.3) is 24.2 Å². The highest BCUT2D eigenvalue weighted by Gasteiger charge is 2.35. The van der Waals surface area contributed by atoms with Crippen LogP contribution in [0.25, 0.3) is 0 Å². The Morgan fingerprint density at radius 1 is 0.582 bits per heavy atom. The molecule has 0 saturated carbocycles. The van der Waals surface area contributed by atoms with Gasteiger partial charge in [-0.2, -0.15) is 11.3 Å². The van der Waals surface area contributed by atoms with Crippen molar-refractivity contribution in [2.24, 2.45) is 0 Å². The van der Waals surface area contributed by atoms with Crippen LogP contribution in [0.5, 0.6) is 5.75 Å². The quantitative estimate of drug-likeness (QED) is 0.0440. The Kier molecular flexibility index (Phi) is 34.1. The molecule has 1 N–H and O–H groups in total. The van der Waals surface area contributed by atoms with Crippen LogP contribution in [0.15, 0.2) is 21.5 Å². The molecule has 55 heavy (non-hydrogen) atoms. The van der Waals surface area contributed by atoms with Crippen LogP contribution in [-0.4, -0.2) is 42.2 Å². The number of unbranched alkanes of at least 4 members (excludes halogenated alkanes) is 26. The zero-order valence-corrected chi connectivity index (χ0v) is 35.4.